The van der Waals surface area contributed by atoms with Crippen LogP contribution in [0, 0.1) is 27.9 Å². The van der Waals surface area contributed by atoms with Crippen LogP contribution >= 0.6 is 0 Å². The summed E-state index contributed by atoms with van der Waals surface area (Å²) in [7, 11) is -2.86. The van der Waals surface area contributed by atoms with Crippen LogP contribution in [0.1, 0.15) is 44.9 Å². The predicted molar refractivity (Wildman–Crippen MR) is 119 cm³/mol. The van der Waals surface area contributed by atoms with Crippen molar-refractivity contribution in [2.24, 2.45) is 17.8 Å². The van der Waals surface area contributed by atoms with E-state index in [9.17, 15) is 28.1 Å². The molecule has 1 aromatic carbocycles. The van der Waals surface area contributed by atoms with E-state index in [0.717, 1.165) is 25.3 Å². The number of carbonyl (C=O) groups is 2. The minimum atomic E-state index is -4.10. The molecule has 0 aliphatic heterocycles. The summed E-state index contributed by atoms with van der Waals surface area (Å²) in [6.07, 6.45) is 6.44. The smallest absolute Gasteiger partial charge is 0.312 e. The molecule has 1 aromatic rings. The number of sulfonamides is 1. The number of rotatable bonds is 10. The monoisotopic (exact) mass is 495 g/mol. The van der Waals surface area contributed by atoms with E-state index in [4.69, 9.17) is 9.47 Å². The first kappa shape index (κ1) is 24.4. The second-order valence-electron chi connectivity index (χ2n) is 9.65. The molecule has 2 N–H and O–H groups in total. The number of nitrogens with zero attached hydrogens (tertiary/aromatic N) is 1. The van der Waals surface area contributed by atoms with E-state index >= 15 is 0 Å². The zero-order chi connectivity index (χ0) is 24.5. The second-order valence-corrected chi connectivity index (χ2v) is 11.4. The van der Waals surface area contributed by atoms with Gasteiger partial charge >= 0.3 is 11.7 Å². The molecule has 0 atom stereocenters. The van der Waals surface area contributed by atoms with Crippen LogP contribution in [0.4, 0.5) is 5.69 Å². The molecule has 4 aliphatic carbocycles. The number of benzene rings is 1. The van der Waals surface area contributed by atoms with Crippen molar-refractivity contribution in [3.05, 3.63) is 28.3 Å². The average Bonchev–Trinajstić information content (AvgIpc) is 2.75. The molecule has 0 spiro atoms. The largest absolute Gasteiger partial charge is 0.490 e. The van der Waals surface area contributed by atoms with Crippen LogP contribution < -0.4 is 14.8 Å². The first-order chi connectivity index (χ1) is 16.1. The molecular formula is C22H29N3O8S. The maximum atomic E-state index is 12.4. The van der Waals surface area contributed by atoms with Gasteiger partial charge in [0.15, 0.2) is 12.4 Å². The molecule has 4 bridgehead atoms. The highest BCUT2D eigenvalue weighted by Gasteiger charge is 2.51. The van der Waals surface area contributed by atoms with Crippen LogP contribution in [0.2, 0.25) is 0 Å². The van der Waals surface area contributed by atoms with E-state index in [2.05, 4.69) is 10.0 Å². The Balaban J connectivity index is 1.22. The van der Waals surface area contributed by atoms with Crippen molar-refractivity contribution in [1.29, 1.82) is 0 Å². The number of nitrogens with one attached hydrogen (secondary N) is 2. The minimum Gasteiger partial charge on any atom is -0.490 e. The van der Waals surface area contributed by atoms with Crippen molar-refractivity contribution in [3.63, 3.8) is 0 Å². The van der Waals surface area contributed by atoms with Crippen LogP contribution in [0.3, 0.4) is 0 Å². The minimum absolute atomic E-state index is 0.0700. The van der Waals surface area contributed by atoms with Gasteiger partial charge in [0.25, 0.3) is 5.91 Å². The summed E-state index contributed by atoms with van der Waals surface area (Å²) in [5.41, 5.74) is -0.663. The number of amides is 1. The van der Waals surface area contributed by atoms with Crippen molar-refractivity contribution in [2.45, 2.75) is 55.4 Å². The summed E-state index contributed by atoms with van der Waals surface area (Å²) in [5.74, 6) is 0.905. The van der Waals surface area contributed by atoms with Crippen LogP contribution in [0.25, 0.3) is 0 Å². The molecule has 0 unspecified atom stereocenters. The number of carbonyl (C=O) groups excluding carboxylic acids is 2. The molecule has 12 heteroatoms. The SMILES string of the molecule is COc1ccc(S(=O)(=O)NCCC(=O)OCC(=O)NC23CC4CC(CC(C4)C2)C3)cc1[N+](=O)[O-]. The average molecular weight is 496 g/mol. The van der Waals surface area contributed by atoms with Crippen molar-refractivity contribution in [1.82, 2.24) is 10.0 Å². The fraction of sp³-hybridized carbons (Fsp3) is 0.636. The Morgan fingerprint density at radius 3 is 2.32 bits per heavy atom. The topological polar surface area (TPSA) is 154 Å². The zero-order valence-corrected chi connectivity index (χ0v) is 19.8. The third kappa shape index (κ3) is 5.33. The summed E-state index contributed by atoms with van der Waals surface area (Å²) in [6.45, 7) is -0.685. The van der Waals surface area contributed by atoms with Gasteiger partial charge in [0, 0.05) is 18.2 Å². The van der Waals surface area contributed by atoms with Crippen molar-refractivity contribution >= 4 is 27.6 Å². The first-order valence-electron chi connectivity index (χ1n) is 11.4. The van der Waals surface area contributed by atoms with Crippen molar-refractivity contribution in [3.8, 4) is 5.75 Å². The summed E-state index contributed by atoms with van der Waals surface area (Å²) in [4.78, 5) is 34.5. The third-order valence-electron chi connectivity index (χ3n) is 7.09. The fourth-order valence-corrected chi connectivity index (χ4v) is 7.22. The van der Waals surface area contributed by atoms with E-state index in [0.29, 0.717) is 17.8 Å². The third-order valence-corrected chi connectivity index (χ3v) is 8.54. The van der Waals surface area contributed by atoms with Gasteiger partial charge in [-0.05, 0) is 68.4 Å². The molecule has 4 aliphatic rings. The number of ether oxygens (including phenoxy) is 2. The van der Waals surface area contributed by atoms with Crippen LogP contribution in [-0.4, -0.2) is 51.0 Å². The number of hydrogen-bond donors (Lipinski definition) is 2. The van der Waals surface area contributed by atoms with E-state index in [1.165, 1.54) is 38.5 Å². The Morgan fingerprint density at radius 2 is 1.76 bits per heavy atom. The summed E-state index contributed by atoms with van der Waals surface area (Å²) >= 11 is 0. The molecule has 4 fully saturated rings. The fourth-order valence-electron chi connectivity index (χ4n) is 6.16. The number of nitro benzene ring substituents is 1. The molecule has 1 amide bonds. The van der Waals surface area contributed by atoms with Gasteiger partial charge in [-0.1, -0.05) is 0 Å². The first-order valence-corrected chi connectivity index (χ1v) is 12.9. The second kappa shape index (κ2) is 9.49. The lowest BCUT2D eigenvalue weighted by Gasteiger charge is -2.56. The van der Waals surface area contributed by atoms with Gasteiger partial charge in [-0.15, -0.1) is 0 Å². The molecule has 34 heavy (non-hydrogen) atoms. The van der Waals surface area contributed by atoms with Gasteiger partial charge < -0.3 is 14.8 Å². The Kier molecular flexibility index (Phi) is 6.81. The maximum Gasteiger partial charge on any atom is 0.312 e. The number of methoxy groups -OCH3 is 1. The molecule has 186 valence electrons. The molecule has 0 radical (unpaired) electrons. The Bertz CT molecular complexity index is 1050. The van der Waals surface area contributed by atoms with Crippen LogP contribution in [-0.2, 0) is 24.3 Å². The molecular weight excluding hydrogens is 466 g/mol. The highest BCUT2D eigenvalue weighted by atomic mass is 32.2. The summed E-state index contributed by atoms with van der Waals surface area (Å²) in [6, 6.07) is 3.24. The molecule has 5 rings (SSSR count). The number of nitro groups is 1. The summed E-state index contributed by atoms with van der Waals surface area (Å²) < 4.78 is 36.9. The van der Waals surface area contributed by atoms with Gasteiger partial charge in [-0.25, -0.2) is 13.1 Å². The van der Waals surface area contributed by atoms with Crippen LogP contribution in [0.5, 0.6) is 5.75 Å². The molecule has 0 heterocycles. The number of hydrogen-bond acceptors (Lipinski definition) is 8. The standard InChI is InChI=1S/C22H29N3O8S/c1-32-19-3-2-17(9-18(19)25(28)29)34(30,31)23-5-4-21(27)33-13-20(26)24-22-10-14-6-15(11-22)8-16(7-14)12-22/h2-3,9,14-16,23H,4-8,10-13H2,1H3,(H,24,26). The number of esters is 1. The molecule has 4 saturated carbocycles. The van der Waals surface area contributed by atoms with Crippen molar-refractivity contribution in [2.75, 3.05) is 20.3 Å². The lowest BCUT2D eigenvalue weighted by atomic mass is 9.53. The Hall–Kier alpha value is -2.73. The van der Waals surface area contributed by atoms with E-state index in [-0.39, 0.29) is 35.1 Å². The van der Waals surface area contributed by atoms with Gasteiger partial charge in [-0.2, -0.15) is 0 Å². The molecule has 0 saturated heterocycles. The normalized spacial score (nSPS) is 27.3. The highest BCUT2D eigenvalue weighted by Crippen LogP contribution is 2.55. The lowest BCUT2D eigenvalue weighted by molar-refractivity contribution is -0.386. The quantitative estimate of drug-likeness (QED) is 0.283. The maximum absolute atomic E-state index is 12.4. The Morgan fingerprint density at radius 1 is 1.15 bits per heavy atom. The van der Waals surface area contributed by atoms with Crippen LogP contribution in [0.15, 0.2) is 23.1 Å². The van der Waals surface area contributed by atoms with E-state index in [1.807, 2.05) is 0 Å². The van der Waals surface area contributed by atoms with E-state index < -0.39 is 33.2 Å². The van der Waals surface area contributed by atoms with Gasteiger partial charge in [-0.3, -0.25) is 19.7 Å². The predicted octanol–water partition coefficient (Wildman–Crippen LogP) is 1.90. The van der Waals surface area contributed by atoms with Gasteiger partial charge in [0.1, 0.15) is 0 Å². The van der Waals surface area contributed by atoms with Crippen molar-refractivity contribution < 1.29 is 32.4 Å². The van der Waals surface area contributed by atoms with E-state index in [1.54, 1.807) is 0 Å². The molecule has 0 aromatic heterocycles. The Labute approximate surface area is 197 Å². The lowest BCUT2D eigenvalue weighted by Crippen LogP contribution is -2.60. The summed E-state index contributed by atoms with van der Waals surface area (Å²) in [5, 5.41) is 14.2. The highest BCUT2D eigenvalue weighted by molar-refractivity contribution is 7.89. The molecule has 11 nitrogen and oxygen atoms in total. The zero-order valence-electron chi connectivity index (χ0n) is 18.9. The van der Waals surface area contributed by atoms with Gasteiger partial charge in [0.05, 0.1) is 23.3 Å². The van der Waals surface area contributed by atoms with Gasteiger partial charge in [0.2, 0.25) is 10.0 Å².